The zero-order valence-electron chi connectivity index (χ0n) is 20.6. The Labute approximate surface area is 235 Å². The Morgan fingerprint density at radius 3 is 2.59 bits per heavy atom. The molecule has 0 saturated heterocycles. The van der Waals surface area contributed by atoms with Crippen molar-refractivity contribution in [3.8, 4) is 11.3 Å². The highest BCUT2D eigenvalue weighted by atomic mass is 35.5. The van der Waals surface area contributed by atoms with Gasteiger partial charge in [-0.15, -0.1) is 0 Å². The smallest absolute Gasteiger partial charge is 0.338 e. The lowest BCUT2D eigenvalue weighted by Gasteiger charge is -2.24. The number of carboxylic acids is 1. The van der Waals surface area contributed by atoms with Crippen LogP contribution in [0, 0.1) is 0 Å². The first kappa shape index (κ1) is 26.7. The topological polar surface area (TPSA) is 111 Å². The Hall–Kier alpha value is -3.92. The minimum absolute atomic E-state index is 0.0459. The van der Waals surface area contributed by atoms with Crippen molar-refractivity contribution in [3.05, 3.63) is 112 Å². The molecule has 0 bridgehead atoms. The highest BCUT2D eigenvalue weighted by Crippen LogP contribution is 2.31. The maximum Gasteiger partial charge on any atom is 0.338 e. The van der Waals surface area contributed by atoms with Gasteiger partial charge in [0.15, 0.2) is 4.80 Å². The van der Waals surface area contributed by atoms with E-state index in [0.29, 0.717) is 42.7 Å². The van der Waals surface area contributed by atoms with Crippen LogP contribution in [0.15, 0.2) is 80.1 Å². The molecule has 0 aliphatic carbocycles. The lowest BCUT2D eigenvalue weighted by Crippen LogP contribution is -2.39. The summed E-state index contributed by atoms with van der Waals surface area (Å²) < 4.78 is 13.0. The largest absolute Gasteiger partial charge is 0.478 e. The average molecular weight is 583 g/mol. The molecule has 1 aliphatic rings. The predicted molar refractivity (Wildman–Crippen MR) is 148 cm³/mol. The molecule has 3 heterocycles. The quantitative estimate of drug-likeness (QED) is 0.318. The number of carbonyl (C=O) groups is 2. The highest BCUT2D eigenvalue weighted by molar-refractivity contribution is 7.07. The van der Waals surface area contributed by atoms with E-state index in [2.05, 4.69) is 4.99 Å². The number of benzene rings is 2. The molecule has 39 heavy (non-hydrogen) atoms. The molecule has 8 nitrogen and oxygen atoms in total. The van der Waals surface area contributed by atoms with Crippen LogP contribution in [0.1, 0.15) is 41.6 Å². The summed E-state index contributed by atoms with van der Waals surface area (Å²) in [7, 11) is 0. The van der Waals surface area contributed by atoms with Gasteiger partial charge < -0.3 is 14.3 Å². The Morgan fingerprint density at radius 1 is 1.15 bits per heavy atom. The monoisotopic (exact) mass is 582 g/mol. The molecule has 1 N–H and O–H groups in total. The minimum Gasteiger partial charge on any atom is -0.478 e. The molecule has 0 spiro atoms. The minimum atomic E-state index is -1.15. The number of aromatic nitrogens is 1. The van der Waals surface area contributed by atoms with E-state index in [4.69, 9.17) is 32.4 Å². The molecule has 0 amide bonds. The van der Waals surface area contributed by atoms with E-state index < -0.39 is 18.0 Å². The average Bonchev–Trinajstić information content (AvgIpc) is 3.48. The molecular weight excluding hydrogens is 563 g/mol. The van der Waals surface area contributed by atoms with Gasteiger partial charge in [-0.3, -0.25) is 9.36 Å². The van der Waals surface area contributed by atoms with Crippen molar-refractivity contribution in [1.82, 2.24) is 4.57 Å². The number of rotatable bonds is 6. The Balaban J connectivity index is 1.61. The molecule has 11 heteroatoms. The van der Waals surface area contributed by atoms with Crippen molar-refractivity contribution < 1.29 is 23.8 Å². The van der Waals surface area contributed by atoms with E-state index in [0.717, 1.165) is 11.3 Å². The second-order valence-corrected chi connectivity index (χ2v) is 10.4. The number of ether oxygens (including phenoxy) is 1. The van der Waals surface area contributed by atoms with Crippen molar-refractivity contribution in [1.29, 1.82) is 0 Å². The van der Waals surface area contributed by atoms with E-state index in [-0.39, 0.29) is 28.3 Å². The van der Waals surface area contributed by atoms with Crippen LogP contribution < -0.4 is 14.9 Å². The molecular formula is C28H20Cl2N2O6S. The number of halogens is 2. The van der Waals surface area contributed by atoms with E-state index in [1.54, 1.807) is 62.4 Å². The highest BCUT2D eigenvalue weighted by Gasteiger charge is 2.33. The first-order chi connectivity index (χ1) is 18.7. The molecule has 0 saturated carbocycles. The van der Waals surface area contributed by atoms with Gasteiger partial charge in [0, 0.05) is 16.7 Å². The summed E-state index contributed by atoms with van der Waals surface area (Å²) in [6.45, 7) is 3.60. The summed E-state index contributed by atoms with van der Waals surface area (Å²) in [5, 5.41) is 10.0. The second kappa shape index (κ2) is 10.7. The van der Waals surface area contributed by atoms with Crippen molar-refractivity contribution in [3.63, 3.8) is 0 Å². The van der Waals surface area contributed by atoms with Gasteiger partial charge in [0.2, 0.25) is 0 Å². The van der Waals surface area contributed by atoms with Crippen molar-refractivity contribution in [2.45, 2.75) is 19.9 Å². The lowest BCUT2D eigenvalue weighted by atomic mass is 9.96. The number of aromatic carboxylic acids is 1. The van der Waals surface area contributed by atoms with Gasteiger partial charge in [-0.1, -0.05) is 46.7 Å². The SMILES string of the molecule is CCOC(=O)C1=C(C)N=c2s/c(=C/c3ccc(-c4ccc(Cl)c(C(=O)O)c4)o3)c(=O)n2[C@H]1c1ccc(Cl)cc1. The molecule has 2 aromatic carbocycles. The van der Waals surface area contributed by atoms with Crippen molar-refractivity contribution in [2.24, 2.45) is 4.99 Å². The van der Waals surface area contributed by atoms with Crippen LogP contribution in [0.3, 0.4) is 0 Å². The number of allylic oxidation sites excluding steroid dienone is 1. The molecule has 5 rings (SSSR count). The van der Waals surface area contributed by atoms with Gasteiger partial charge in [0.05, 0.1) is 39.0 Å². The van der Waals surface area contributed by atoms with E-state index in [9.17, 15) is 19.5 Å². The fourth-order valence-corrected chi connectivity index (χ4v) is 5.66. The molecule has 198 valence electrons. The Morgan fingerprint density at radius 2 is 1.90 bits per heavy atom. The number of thiazole rings is 1. The number of fused-ring (bicyclic) bond motifs is 1. The normalized spacial score (nSPS) is 15.2. The zero-order chi connectivity index (χ0) is 27.8. The first-order valence-corrected chi connectivity index (χ1v) is 13.3. The van der Waals surface area contributed by atoms with Crippen LogP contribution >= 0.6 is 34.5 Å². The van der Waals surface area contributed by atoms with Crippen molar-refractivity contribution in [2.75, 3.05) is 6.61 Å². The zero-order valence-corrected chi connectivity index (χ0v) is 22.9. The fraction of sp³-hybridized carbons (Fsp3) is 0.143. The van der Waals surface area contributed by atoms with Crippen molar-refractivity contribution >= 4 is 52.6 Å². The molecule has 0 fully saturated rings. The summed E-state index contributed by atoms with van der Waals surface area (Å²) in [6, 6.07) is 14.1. The summed E-state index contributed by atoms with van der Waals surface area (Å²) in [4.78, 5) is 43.1. The summed E-state index contributed by atoms with van der Waals surface area (Å²) in [5.41, 5.74) is 1.53. The van der Waals surface area contributed by atoms with Crippen LogP contribution in [0.2, 0.25) is 10.0 Å². The third kappa shape index (κ3) is 5.08. The first-order valence-electron chi connectivity index (χ1n) is 11.8. The maximum absolute atomic E-state index is 13.7. The van der Waals surface area contributed by atoms with Gasteiger partial charge in [0.1, 0.15) is 11.5 Å². The lowest BCUT2D eigenvalue weighted by molar-refractivity contribution is -0.139. The van der Waals surface area contributed by atoms with Crippen LogP contribution in [-0.2, 0) is 9.53 Å². The predicted octanol–water partition coefficient (Wildman–Crippen LogP) is 5.06. The molecule has 0 radical (unpaired) electrons. The number of esters is 1. The second-order valence-electron chi connectivity index (χ2n) is 8.56. The number of hydrogen-bond donors (Lipinski definition) is 1. The van der Waals surface area contributed by atoms with Gasteiger partial charge in [-0.2, -0.15) is 0 Å². The number of nitrogens with zero attached hydrogens (tertiary/aromatic N) is 2. The molecule has 1 atom stereocenters. The van der Waals surface area contributed by atoms with Crippen LogP contribution in [-0.4, -0.2) is 28.2 Å². The summed E-state index contributed by atoms with van der Waals surface area (Å²) >= 11 is 13.2. The number of carboxylic acid groups (broad SMARTS) is 1. The maximum atomic E-state index is 13.7. The summed E-state index contributed by atoms with van der Waals surface area (Å²) in [5.74, 6) is -0.908. The Bertz CT molecular complexity index is 1830. The van der Waals surface area contributed by atoms with E-state index in [1.807, 2.05) is 0 Å². The number of carbonyl (C=O) groups excluding carboxylic acids is 1. The Kier molecular flexibility index (Phi) is 7.31. The molecule has 4 aromatic rings. The van der Waals surface area contributed by atoms with Crippen LogP contribution in [0.5, 0.6) is 0 Å². The third-order valence-electron chi connectivity index (χ3n) is 6.08. The van der Waals surface area contributed by atoms with Gasteiger partial charge in [-0.05, 0) is 61.9 Å². The third-order valence-corrected chi connectivity index (χ3v) is 7.65. The summed E-state index contributed by atoms with van der Waals surface area (Å²) in [6.07, 6.45) is 1.59. The standard InChI is InChI=1S/C28H20Cl2N2O6S/c1-3-37-27(36)23-14(2)31-28-32(24(23)15-4-7-17(29)8-5-15)25(33)22(39-28)13-18-9-11-21(38-18)16-6-10-20(30)19(12-16)26(34)35/h4-13,24H,3H2,1-2H3,(H,34,35)/b22-13+/t24-/m0/s1. The van der Waals surface area contributed by atoms with Crippen LogP contribution in [0.25, 0.3) is 17.4 Å². The van der Waals surface area contributed by atoms with Gasteiger partial charge in [0.25, 0.3) is 5.56 Å². The van der Waals surface area contributed by atoms with Gasteiger partial charge >= 0.3 is 11.9 Å². The van der Waals surface area contributed by atoms with E-state index in [1.165, 1.54) is 16.7 Å². The molecule has 0 unspecified atom stereocenters. The van der Waals surface area contributed by atoms with Crippen LogP contribution in [0.4, 0.5) is 0 Å². The van der Waals surface area contributed by atoms with E-state index >= 15 is 0 Å². The molecule has 2 aromatic heterocycles. The number of furan rings is 1. The molecule has 1 aliphatic heterocycles. The number of hydrogen-bond acceptors (Lipinski definition) is 7. The van der Waals surface area contributed by atoms with Gasteiger partial charge in [-0.25, -0.2) is 14.6 Å². The fourth-order valence-electron chi connectivity index (χ4n) is 4.31.